The van der Waals surface area contributed by atoms with Crippen molar-refractivity contribution in [2.45, 2.75) is 51.2 Å². The van der Waals surface area contributed by atoms with Crippen LogP contribution in [0.2, 0.25) is 0 Å². The molecule has 2 aromatic carbocycles. The zero-order valence-electron chi connectivity index (χ0n) is 20.7. The zero-order chi connectivity index (χ0) is 24.8. The van der Waals surface area contributed by atoms with Gasteiger partial charge in [0.1, 0.15) is 6.04 Å². The van der Waals surface area contributed by atoms with Gasteiger partial charge in [-0.1, -0.05) is 56.3 Å². The third-order valence-corrected chi connectivity index (χ3v) is 7.66. The number of nitrogens with one attached hydrogen (secondary N) is 1. The molecule has 2 aliphatic rings. The van der Waals surface area contributed by atoms with E-state index in [1.807, 2.05) is 27.8 Å². The molecule has 2 atom stereocenters. The van der Waals surface area contributed by atoms with Crippen LogP contribution in [-0.2, 0) is 22.6 Å². The van der Waals surface area contributed by atoms with Gasteiger partial charge in [0.2, 0.25) is 11.8 Å². The van der Waals surface area contributed by atoms with Gasteiger partial charge in [0.25, 0.3) is 0 Å². The number of benzene rings is 2. The number of rotatable bonds is 6. The minimum Gasteiger partial charge on any atom is -0.356 e. The molecule has 0 radical (unpaired) electrons. The number of fused-ring (bicyclic) bond motifs is 4. The fourth-order valence-electron chi connectivity index (χ4n) is 5.79. The number of hydrogen-bond acceptors (Lipinski definition) is 3. The Bertz CT molecular complexity index is 1400. The van der Waals surface area contributed by atoms with Crippen LogP contribution in [0.5, 0.6) is 0 Å². The minimum absolute atomic E-state index is 0.00414. The van der Waals surface area contributed by atoms with Crippen molar-refractivity contribution in [2.24, 2.45) is 0 Å². The normalized spacial score (nSPS) is 19.8. The number of imidazole rings is 1. The molecular weight excluding hydrogens is 450 g/mol. The van der Waals surface area contributed by atoms with Gasteiger partial charge in [-0.05, 0) is 35.1 Å². The van der Waals surface area contributed by atoms with Crippen LogP contribution in [0.15, 0.2) is 67.3 Å². The SMILES string of the molecule is CC(C)c1ccc(C2c3[nH]c4ccccc4c3CC3C(=O)N(CCCn4ccnc4)CC(=O)N32)cc1. The van der Waals surface area contributed by atoms with Gasteiger partial charge >= 0.3 is 0 Å². The number of para-hydroxylation sites is 1. The first-order valence-electron chi connectivity index (χ1n) is 12.8. The van der Waals surface area contributed by atoms with Crippen LogP contribution in [0.1, 0.15) is 54.6 Å². The Kier molecular flexibility index (Phi) is 5.63. The summed E-state index contributed by atoms with van der Waals surface area (Å²) in [5, 5.41) is 1.13. The molecule has 2 amide bonds. The first kappa shape index (κ1) is 22.6. The van der Waals surface area contributed by atoms with E-state index in [-0.39, 0.29) is 24.4 Å². The third kappa shape index (κ3) is 3.79. The first-order chi connectivity index (χ1) is 17.5. The van der Waals surface area contributed by atoms with Crippen molar-refractivity contribution in [1.82, 2.24) is 24.3 Å². The van der Waals surface area contributed by atoms with Gasteiger partial charge in [-0.25, -0.2) is 4.98 Å². The van der Waals surface area contributed by atoms with E-state index in [1.54, 1.807) is 17.4 Å². The molecule has 0 saturated carbocycles. The summed E-state index contributed by atoms with van der Waals surface area (Å²) in [5.74, 6) is 0.473. The van der Waals surface area contributed by atoms with E-state index < -0.39 is 6.04 Å². The predicted molar refractivity (Wildman–Crippen MR) is 138 cm³/mol. The highest BCUT2D eigenvalue weighted by molar-refractivity contribution is 5.97. The number of carbonyl (C=O) groups excluding carboxylic acids is 2. The van der Waals surface area contributed by atoms with Crippen molar-refractivity contribution in [1.29, 1.82) is 0 Å². The molecule has 1 N–H and O–H groups in total. The fraction of sp³-hybridized carbons (Fsp3) is 0.345. The number of piperazine rings is 1. The van der Waals surface area contributed by atoms with Gasteiger partial charge in [-0.3, -0.25) is 9.59 Å². The molecule has 36 heavy (non-hydrogen) atoms. The van der Waals surface area contributed by atoms with E-state index in [1.165, 1.54) is 5.56 Å². The second kappa shape index (κ2) is 8.97. The fourth-order valence-corrected chi connectivity index (χ4v) is 5.79. The Morgan fingerprint density at radius 1 is 1.06 bits per heavy atom. The molecule has 4 heterocycles. The summed E-state index contributed by atoms with van der Waals surface area (Å²) < 4.78 is 2.00. The summed E-state index contributed by atoms with van der Waals surface area (Å²) in [7, 11) is 0. The lowest BCUT2D eigenvalue weighted by molar-refractivity contribution is -0.158. The van der Waals surface area contributed by atoms with Crippen LogP contribution in [-0.4, -0.2) is 55.3 Å². The van der Waals surface area contributed by atoms with Crippen LogP contribution in [0.4, 0.5) is 0 Å². The Morgan fingerprint density at radius 3 is 2.61 bits per heavy atom. The van der Waals surface area contributed by atoms with Crippen LogP contribution in [0, 0.1) is 0 Å². The van der Waals surface area contributed by atoms with E-state index in [9.17, 15) is 9.59 Å². The standard InChI is InChI=1S/C29H31N5O2/c1-19(2)20-8-10-21(11-9-20)28-27-23(22-6-3-4-7-24(22)31-27)16-25-29(36)33(17-26(35)34(25)28)14-5-13-32-15-12-30-18-32/h3-4,6-12,15,18-19,25,28,31H,5,13-14,16-17H2,1-2H3. The number of amides is 2. The highest BCUT2D eigenvalue weighted by Gasteiger charge is 2.48. The smallest absolute Gasteiger partial charge is 0.246 e. The van der Waals surface area contributed by atoms with Gasteiger partial charge in [0.15, 0.2) is 0 Å². The van der Waals surface area contributed by atoms with Crippen molar-refractivity contribution >= 4 is 22.7 Å². The van der Waals surface area contributed by atoms with Crippen LogP contribution < -0.4 is 0 Å². The molecule has 7 heteroatoms. The molecule has 2 aromatic heterocycles. The van der Waals surface area contributed by atoms with Crippen molar-refractivity contribution in [2.75, 3.05) is 13.1 Å². The molecule has 0 spiro atoms. The van der Waals surface area contributed by atoms with Gasteiger partial charge in [-0.2, -0.15) is 0 Å². The van der Waals surface area contributed by atoms with Gasteiger partial charge in [0.05, 0.1) is 18.9 Å². The summed E-state index contributed by atoms with van der Waals surface area (Å²) in [5.41, 5.74) is 5.51. The third-order valence-electron chi connectivity index (χ3n) is 7.66. The van der Waals surface area contributed by atoms with Crippen LogP contribution in [0.25, 0.3) is 10.9 Å². The molecule has 1 fully saturated rings. The maximum atomic E-state index is 13.8. The molecule has 1 saturated heterocycles. The lowest BCUT2D eigenvalue weighted by Crippen LogP contribution is -2.63. The molecule has 0 bridgehead atoms. The van der Waals surface area contributed by atoms with Crippen LogP contribution in [0.3, 0.4) is 0 Å². The first-order valence-corrected chi connectivity index (χ1v) is 12.8. The number of nitrogens with zero attached hydrogens (tertiary/aromatic N) is 4. The lowest BCUT2D eigenvalue weighted by Gasteiger charge is -2.47. The maximum Gasteiger partial charge on any atom is 0.246 e. The summed E-state index contributed by atoms with van der Waals surface area (Å²) in [6.45, 7) is 5.80. The highest BCUT2D eigenvalue weighted by atomic mass is 16.2. The Balaban J connectivity index is 1.36. The van der Waals surface area contributed by atoms with Crippen molar-refractivity contribution in [3.8, 4) is 0 Å². The molecule has 2 aliphatic heterocycles. The molecule has 0 aliphatic carbocycles. The number of aromatic nitrogens is 3. The summed E-state index contributed by atoms with van der Waals surface area (Å²) in [6, 6.07) is 15.9. The van der Waals surface area contributed by atoms with E-state index in [0.717, 1.165) is 40.7 Å². The van der Waals surface area contributed by atoms with E-state index >= 15 is 0 Å². The molecule has 6 rings (SSSR count). The number of H-pyrrole nitrogens is 1. The zero-order valence-corrected chi connectivity index (χ0v) is 20.7. The quantitative estimate of drug-likeness (QED) is 0.447. The number of aromatic amines is 1. The maximum absolute atomic E-state index is 13.8. The summed E-state index contributed by atoms with van der Waals surface area (Å²) in [6.07, 6.45) is 6.75. The second-order valence-electron chi connectivity index (χ2n) is 10.2. The summed E-state index contributed by atoms with van der Waals surface area (Å²) >= 11 is 0. The van der Waals surface area contributed by atoms with E-state index in [0.29, 0.717) is 18.9 Å². The monoisotopic (exact) mass is 481 g/mol. The average molecular weight is 482 g/mol. The van der Waals surface area contributed by atoms with Gasteiger partial charge in [-0.15, -0.1) is 0 Å². The average Bonchev–Trinajstić information content (AvgIpc) is 3.53. The van der Waals surface area contributed by atoms with Gasteiger partial charge in [0, 0.05) is 48.5 Å². The Hall–Kier alpha value is -3.87. The minimum atomic E-state index is -0.499. The molecule has 7 nitrogen and oxygen atoms in total. The number of carbonyl (C=O) groups is 2. The molecular formula is C29H31N5O2. The predicted octanol–water partition coefficient (Wildman–Crippen LogP) is 4.26. The second-order valence-corrected chi connectivity index (χ2v) is 10.2. The molecule has 4 aromatic rings. The van der Waals surface area contributed by atoms with Gasteiger partial charge < -0.3 is 19.4 Å². The molecule has 2 unspecified atom stereocenters. The van der Waals surface area contributed by atoms with Crippen molar-refractivity contribution < 1.29 is 9.59 Å². The topological polar surface area (TPSA) is 74.2 Å². The Labute approximate surface area is 210 Å². The van der Waals surface area contributed by atoms with Crippen LogP contribution >= 0.6 is 0 Å². The van der Waals surface area contributed by atoms with Crippen molar-refractivity contribution in [3.63, 3.8) is 0 Å². The highest BCUT2D eigenvalue weighted by Crippen LogP contribution is 2.42. The molecule has 184 valence electrons. The summed E-state index contributed by atoms with van der Waals surface area (Å²) in [4.78, 5) is 38.7. The number of aryl methyl sites for hydroxylation is 1. The lowest BCUT2D eigenvalue weighted by atomic mass is 9.85. The Morgan fingerprint density at radius 2 is 1.86 bits per heavy atom. The van der Waals surface area contributed by atoms with E-state index in [4.69, 9.17) is 0 Å². The number of hydrogen-bond donors (Lipinski definition) is 1. The largest absolute Gasteiger partial charge is 0.356 e. The van der Waals surface area contributed by atoms with E-state index in [2.05, 4.69) is 60.2 Å². The van der Waals surface area contributed by atoms with Crippen molar-refractivity contribution in [3.05, 3.63) is 89.6 Å².